The van der Waals surface area contributed by atoms with Crippen molar-refractivity contribution in [2.45, 2.75) is 44.7 Å². The number of nitrogens with one attached hydrogen (secondary N) is 1. The molecule has 4 aliphatic carbocycles. The topological polar surface area (TPSA) is 55.6 Å². The number of terminal acetylenes is 1. The molecule has 20 heavy (non-hydrogen) atoms. The summed E-state index contributed by atoms with van der Waals surface area (Å²) in [5, 5.41) is 15.6. The van der Waals surface area contributed by atoms with E-state index in [1.807, 2.05) is 0 Å². The second kappa shape index (κ2) is 4.85. The van der Waals surface area contributed by atoms with Gasteiger partial charge in [-0.05, 0) is 66.2 Å². The van der Waals surface area contributed by atoms with E-state index in [2.05, 4.69) is 31.4 Å². The molecule has 1 heterocycles. The molecular weight excluding hydrogens is 250 g/mol. The minimum atomic E-state index is 0.528. The number of tetrazole rings is 1. The van der Waals surface area contributed by atoms with Crippen LogP contribution in [0, 0.1) is 36.0 Å². The molecule has 4 bridgehead atoms. The first kappa shape index (κ1) is 12.3. The highest BCUT2D eigenvalue weighted by molar-refractivity contribution is 5.02. The minimum absolute atomic E-state index is 0.528. The normalized spacial score (nSPS) is 38.0. The average molecular weight is 271 g/mol. The Kier molecular flexibility index (Phi) is 2.99. The Morgan fingerprint density at radius 1 is 1.15 bits per heavy atom. The number of aromatic nitrogens is 4. The molecule has 0 aliphatic heterocycles. The second-order valence-electron chi connectivity index (χ2n) is 6.77. The highest BCUT2D eigenvalue weighted by Gasteiger charge is 2.49. The van der Waals surface area contributed by atoms with Gasteiger partial charge in [-0.25, -0.2) is 4.68 Å². The van der Waals surface area contributed by atoms with Crippen LogP contribution in [0.4, 0.5) is 0 Å². The molecule has 106 valence electrons. The van der Waals surface area contributed by atoms with Crippen LogP contribution < -0.4 is 5.32 Å². The summed E-state index contributed by atoms with van der Waals surface area (Å²) in [6.07, 6.45) is 12.3. The van der Waals surface area contributed by atoms with Crippen LogP contribution >= 0.6 is 0 Å². The van der Waals surface area contributed by atoms with Gasteiger partial charge in [0.05, 0.1) is 19.1 Å². The third-order valence-electron chi connectivity index (χ3n) is 5.53. The summed E-state index contributed by atoms with van der Waals surface area (Å²) in [6, 6.07) is 0.528. The van der Waals surface area contributed by atoms with Gasteiger partial charge in [0.1, 0.15) is 0 Å². The maximum absolute atomic E-state index is 5.27. The van der Waals surface area contributed by atoms with Crippen LogP contribution in [-0.4, -0.2) is 26.8 Å². The van der Waals surface area contributed by atoms with E-state index in [-0.39, 0.29) is 0 Å². The lowest BCUT2D eigenvalue weighted by Gasteiger charge is -2.54. The Morgan fingerprint density at radius 2 is 1.85 bits per heavy atom. The van der Waals surface area contributed by atoms with Gasteiger partial charge >= 0.3 is 0 Å². The van der Waals surface area contributed by atoms with Crippen molar-refractivity contribution in [1.29, 1.82) is 0 Å². The molecule has 1 aromatic heterocycles. The molecule has 0 amide bonds. The molecule has 0 atom stereocenters. The molecule has 4 saturated carbocycles. The fourth-order valence-corrected chi connectivity index (χ4v) is 5.10. The van der Waals surface area contributed by atoms with Crippen LogP contribution in [-0.2, 0) is 6.54 Å². The molecule has 5 rings (SSSR count). The van der Waals surface area contributed by atoms with Crippen molar-refractivity contribution in [3.05, 3.63) is 5.82 Å². The molecule has 4 fully saturated rings. The number of hydrogen-bond acceptors (Lipinski definition) is 4. The zero-order chi connectivity index (χ0) is 13.5. The van der Waals surface area contributed by atoms with E-state index in [0.29, 0.717) is 19.1 Å². The van der Waals surface area contributed by atoms with Crippen LogP contribution in [0.3, 0.4) is 0 Å². The Balaban J connectivity index is 1.56. The van der Waals surface area contributed by atoms with E-state index < -0.39 is 0 Å². The molecule has 4 aliphatic rings. The minimum Gasteiger partial charge on any atom is -0.299 e. The summed E-state index contributed by atoms with van der Waals surface area (Å²) >= 11 is 0. The smallest absolute Gasteiger partial charge is 0.165 e. The molecule has 0 spiro atoms. The lowest BCUT2D eigenvalue weighted by atomic mass is 9.54. The van der Waals surface area contributed by atoms with Gasteiger partial charge in [0.25, 0.3) is 0 Å². The predicted molar refractivity (Wildman–Crippen MR) is 74.4 cm³/mol. The van der Waals surface area contributed by atoms with Crippen molar-refractivity contribution in [3.63, 3.8) is 0 Å². The standard InChI is InChI=1S/C15H21N5/c1-2-3-16-9-14-17-18-19-20(14)15-12-5-10-4-11(7-12)8-13(15)6-10/h1,10-13,15-16H,3-9H2. The van der Waals surface area contributed by atoms with Crippen molar-refractivity contribution in [2.75, 3.05) is 6.54 Å². The number of nitrogens with zero attached hydrogens (tertiary/aromatic N) is 4. The quantitative estimate of drug-likeness (QED) is 0.664. The first-order valence-corrected chi connectivity index (χ1v) is 7.76. The summed E-state index contributed by atoms with van der Waals surface area (Å²) < 4.78 is 2.11. The summed E-state index contributed by atoms with van der Waals surface area (Å²) in [4.78, 5) is 0. The second-order valence-corrected chi connectivity index (χ2v) is 6.77. The van der Waals surface area contributed by atoms with Gasteiger partial charge in [0, 0.05) is 0 Å². The van der Waals surface area contributed by atoms with E-state index in [0.717, 1.165) is 29.5 Å². The Bertz CT molecular complexity index is 501. The lowest BCUT2D eigenvalue weighted by molar-refractivity contribution is -0.0354. The van der Waals surface area contributed by atoms with Crippen molar-refractivity contribution >= 4 is 0 Å². The van der Waals surface area contributed by atoms with E-state index in [1.165, 1.54) is 32.1 Å². The summed E-state index contributed by atoms with van der Waals surface area (Å²) in [5.41, 5.74) is 0. The van der Waals surface area contributed by atoms with E-state index in [4.69, 9.17) is 6.42 Å². The SMILES string of the molecule is C#CCNCc1nnnn1C1C2CC3CC(C2)CC1C3. The highest BCUT2D eigenvalue weighted by atomic mass is 15.6. The molecule has 5 nitrogen and oxygen atoms in total. The predicted octanol–water partition coefficient (Wildman–Crippen LogP) is 1.39. The van der Waals surface area contributed by atoms with E-state index >= 15 is 0 Å². The third-order valence-corrected chi connectivity index (χ3v) is 5.53. The van der Waals surface area contributed by atoms with Gasteiger partial charge < -0.3 is 0 Å². The van der Waals surface area contributed by atoms with Crippen molar-refractivity contribution < 1.29 is 0 Å². The molecule has 0 unspecified atom stereocenters. The van der Waals surface area contributed by atoms with Crippen LogP contribution in [0.1, 0.15) is 44.0 Å². The van der Waals surface area contributed by atoms with Crippen molar-refractivity contribution in [3.8, 4) is 12.3 Å². The van der Waals surface area contributed by atoms with Gasteiger partial charge in [0.2, 0.25) is 0 Å². The molecule has 5 heteroatoms. The van der Waals surface area contributed by atoms with Crippen LogP contribution in [0.15, 0.2) is 0 Å². The van der Waals surface area contributed by atoms with Gasteiger partial charge in [0.15, 0.2) is 5.82 Å². The zero-order valence-corrected chi connectivity index (χ0v) is 11.7. The van der Waals surface area contributed by atoms with Gasteiger partial charge in [-0.15, -0.1) is 11.5 Å². The number of rotatable bonds is 4. The van der Waals surface area contributed by atoms with Crippen LogP contribution in [0.2, 0.25) is 0 Å². The number of hydrogen-bond donors (Lipinski definition) is 1. The molecular formula is C15H21N5. The third kappa shape index (κ3) is 1.94. The average Bonchev–Trinajstić information content (AvgIpc) is 2.86. The fourth-order valence-electron chi connectivity index (χ4n) is 5.10. The summed E-state index contributed by atoms with van der Waals surface area (Å²) in [6.45, 7) is 1.23. The Morgan fingerprint density at radius 3 is 2.50 bits per heavy atom. The molecule has 1 aromatic rings. The van der Waals surface area contributed by atoms with Gasteiger partial charge in [-0.2, -0.15) is 0 Å². The molecule has 1 N–H and O–H groups in total. The highest BCUT2D eigenvalue weighted by Crippen LogP contribution is 2.58. The molecule has 0 aromatic carbocycles. The van der Waals surface area contributed by atoms with Gasteiger partial charge in [-0.3, -0.25) is 5.32 Å². The maximum atomic E-state index is 5.27. The Labute approximate surface area is 119 Å². The van der Waals surface area contributed by atoms with Crippen LogP contribution in [0.5, 0.6) is 0 Å². The lowest BCUT2D eigenvalue weighted by Crippen LogP contribution is -2.46. The van der Waals surface area contributed by atoms with E-state index in [1.54, 1.807) is 0 Å². The monoisotopic (exact) mass is 271 g/mol. The van der Waals surface area contributed by atoms with Crippen molar-refractivity contribution in [1.82, 2.24) is 25.5 Å². The van der Waals surface area contributed by atoms with E-state index in [9.17, 15) is 0 Å². The zero-order valence-electron chi connectivity index (χ0n) is 11.7. The Hall–Kier alpha value is -1.41. The largest absolute Gasteiger partial charge is 0.299 e. The summed E-state index contributed by atoms with van der Waals surface area (Å²) in [5.74, 6) is 7.08. The fraction of sp³-hybridized carbons (Fsp3) is 0.800. The van der Waals surface area contributed by atoms with Gasteiger partial charge in [-0.1, -0.05) is 5.92 Å². The first-order valence-electron chi connectivity index (χ1n) is 7.76. The first-order chi connectivity index (χ1) is 9.85. The van der Waals surface area contributed by atoms with Crippen LogP contribution in [0.25, 0.3) is 0 Å². The summed E-state index contributed by atoms with van der Waals surface area (Å²) in [7, 11) is 0. The molecule has 0 saturated heterocycles. The maximum Gasteiger partial charge on any atom is 0.165 e. The molecule has 0 radical (unpaired) electrons. The van der Waals surface area contributed by atoms with Crippen molar-refractivity contribution in [2.24, 2.45) is 23.7 Å².